The van der Waals surface area contributed by atoms with Gasteiger partial charge in [-0.3, -0.25) is 4.68 Å². The molecule has 0 saturated carbocycles. The summed E-state index contributed by atoms with van der Waals surface area (Å²) in [7, 11) is 0. The number of aryl methyl sites for hydroxylation is 1. The third-order valence-corrected chi connectivity index (χ3v) is 4.38. The first-order chi connectivity index (χ1) is 11.9. The Labute approximate surface area is 151 Å². The number of nitrogens with zero attached hydrogens (tertiary/aromatic N) is 2. The van der Waals surface area contributed by atoms with Crippen LogP contribution in [0.25, 0.3) is 10.9 Å². The van der Waals surface area contributed by atoms with Crippen molar-refractivity contribution in [1.82, 2.24) is 9.78 Å². The van der Waals surface area contributed by atoms with Crippen LogP contribution in [-0.2, 0) is 11.3 Å². The lowest BCUT2D eigenvalue weighted by Gasteiger charge is -2.09. The van der Waals surface area contributed by atoms with Crippen molar-refractivity contribution in [3.63, 3.8) is 0 Å². The molecule has 130 valence electrons. The number of halogens is 4. The monoisotopic (exact) mass is 384 g/mol. The molecular weight excluding hydrogens is 373 g/mol. The fourth-order valence-corrected chi connectivity index (χ4v) is 3.01. The zero-order valence-electron chi connectivity index (χ0n) is 13.0. The summed E-state index contributed by atoms with van der Waals surface area (Å²) in [6, 6.07) is 9.78. The summed E-state index contributed by atoms with van der Waals surface area (Å²) < 4.78 is 31.0. The molecule has 0 spiro atoms. The van der Waals surface area contributed by atoms with Gasteiger partial charge in [0.1, 0.15) is 5.75 Å². The maximum atomic E-state index is 12.4. The molecule has 0 aliphatic carbocycles. The van der Waals surface area contributed by atoms with Gasteiger partial charge in [-0.1, -0.05) is 29.3 Å². The first-order valence-electron chi connectivity index (χ1n) is 7.26. The Balaban J connectivity index is 2.02. The van der Waals surface area contributed by atoms with Crippen LogP contribution < -0.4 is 4.74 Å². The summed E-state index contributed by atoms with van der Waals surface area (Å²) in [5.41, 5.74) is 2.04. The molecule has 3 rings (SSSR count). The SMILES string of the molecule is Cc1nn(Cc2c(Cl)cccc2Cl)c2cc(OC(=O)C(F)F)ccc12. The van der Waals surface area contributed by atoms with E-state index in [2.05, 4.69) is 9.84 Å². The van der Waals surface area contributed by atoms with E-state index in [1.165, 1.54) is 12.1 Å². The molecule has 0 N–H and O–H groups in total. The second-order valence-corrected chi connectivity index (χ2v) is 6.16. The van der Waals surface area contributed by atoms with Crippen LogP contribution in [0, 0.1) is 6.92 Å². The molecule has 1 heterocycles. The van der Waals surface area contributed by atoms with Gasteiger partial charge in [0.15, 0.2) is 0 Å². The lowest BCUT2D eigenvalue weighted by atomic mass is 10.2. The Morgan fingerprint density at radius 1 is 1.24 bits per heavy atom. The summed E-state index contributed by atoms with van der Waals surface area (Å²) in [6.07, 6.45) is -3.19. The fraction of sp³-hybridized carbons (Fsp3) is 0.176. The maximum Gasteiger partial charge on any atom is 0.379 e. The van der Waals surface area contributed by atoms with Gasteiger partial charge in [-0.2, -0.15) is 13.9 Å². The molecular formula is C17H12Cl2F2N2O2. The van der Waals surface area contributed by atoms with Gasteiger partial charge in [-0.05, 0) is 31.2 Å². The van der Waals surface area contributed by atoms with E-state index in [1.54, 1.807) is 28.9 Å². The van der Waals surface area contributed by atoms with Crippen molar-refractivity contribution in [2.75, 3.05) is 0 Å². The van der Waals surface area contributed by atoms with Crippen LogP contribution in [0.15, 0.2) is 36.4 Å². The van der Waals surface area contributed by atoms with Crippen LogP contribution in [0.5, 0.6) is 5.75 Å². The van der Waals surface area contributed by atoms with Gasteiger partial charge < -0.3 is 4.74 Å². The topological polar surface area (TPSA) is 44.1 Å². The molecule has 0 unspecified atom stereocenters. The zero-order chi connectivity index (χ0) is 18.1. The number of hydrogen-bond donors (Lipinski definition) is 0. The minimum atomic E-state index is -3.19. The lowest BCUT2D eigenvalue weighted by molar-refractivity contribution is -0.146. The van der Waals surface area contributed by atoms with E-state index in [4.69, 9.17) is 23.2 Å². The number of alkyl halides is 2. The van der Waals surface area contributed by atoms with E-state index in [-0.39, 0.29) is 12.3 Å². The molecule has 4 nitrogen and oxygen atoms in total. The summed E-state index contributed by atoms with van der Waals surface area (Å²) in [5, 5.41) is 6.23. The molecule has 0 aliphatic rings. The average molecular weight is 385 g/mol. The number of benzene rings is 2. The lowest BCUT2D eigenvalue weighted by Crippen LogP contribution is -2.17. The van der Waals surface area contributed by atoms with Crippen molar-refractivity contribution in [1.29, 1.82) is 0 Å². The quantitative estimate of drug-likeness (QED) is 0.476. The van der Waals surface area contributed by atoms with E-state index in [0.29, 0.717) is 21.1 Å². The highest BCUT2D eigenvalue weighted by atomic mass is 35.5. The second-order valence-electron chi connectivity index (χ2n) is 5.34. The van der Waals surface area contributed by atoms with Crippen LogP contribution in [-0.4, -0.2) is 22.2 Å². The van der Waals surface area contributed by atoms with Crippen molar-refractivity contribution in [3.05, 3.63) is 57.7 Å². The predicted octanol–water partition coefficient (Wildman–Crippen LogP) is 4.87. The standard InChI is InChI=1S/C17H12Cl2F2N2O2/c1-9-11-6-5-10(25-17(24)16(20)21)7-15(11)23(22-9)8-12-13(18)3-2-4-14(12)19/h2-7,16H,8H2,1H3. The Kier molecular flexibility index (Phi) is 4.92. The molecule has 1 aromatic heterocycles. The van der Waals surface area contributed by atoms with Gasteiger partial charge >= 0.3 is 12.4 Å². The molecule has 0 saturated heterocycles. The summed E-state index contributed by atoms with van der Waals surface area (Å²) in [4.78, 5) is 11.1. The molecule has 0 radical (unpaired) electrons. The van der Waals surface area contributed by atoms with E-state index >= 15 is 0 Å². The minimum absolute atomic E-state index is 0.0178. The summed E-state index contributed by atoms with van der Waals surface area (Å²) >= 11 is 12.4. The van der Waals surface area contributed by atoms with Crippen LogP contribution in [0.1, 0.15) is 11.3 Å². The van der Waals surface area contributed by atoms with Gasteiger partial charge in [0, 0.05) is 27.1 Å². The van der Waals surface area contributed by atoms with Gasteiger partial charge in [-0.25, -0.2) is 4.79 Å². The van der Waals surface area contributed by atoms with Crippen LogP contribution >= 0.6 is 23.2 Å². The van der Waals surface area contributed by atoms with Crippen LogP contribution in [0.2, 0.25) is 10.0 Å². The molecule has 25 heavy (non-hydrogen) atoms. The zero-order valence-corrected chi connectivity index (χ0v) is 14.5. The van der Waals surface area contributed by atoms with E-state index in [1.807, 2.05) is 6.92 Å². The molecule has 0 fully saturated rings. The number of carbonyl (C=O) groups is 1. The normalized spacial score (nSPS) is 11.3. The highest BCUT2D eigenvalue weighted by Gasteiger charge is 2.19. The van der Waals surface area contributed by atoms with Crippen molar-refractivity contribution >= 4 is 40.1 Å². The van der Waals surface area contributed by atoms with E-state index in [9.17, 15) is 13.6 Å². The second kappa shape index (κ2) is 6.98. The number of ether oxygens (including phenoxy) is 1. The van der Waals surface area contributed by atoms with E-state index < -0.39 is 12.4 Å². The van der Waals surface area contributed by atoms with Crippen molar-refractivity contribution < 1.29 is 18.3 Å². The number of fused-ring (bicyclic) bond motifs is 1. The third-order valence-electron chi connectivity index (χ3n) is 3.67. The third kappa shape index (κ3) is 3.60. The van der Waals surface area contributed by atoms with Crippen molar-refractivity contribution in [2.24, 2.45) is 0 Å². The number of aromatic nitrogens is 2. The molecule has 0 atom stereocenters. The molecule has 3 aromatic rings. The minimum Gasteiger partial charge on any atom is -0.422 e. The number of esters is 1. The van der Waals surface area contributed by atoms with Crippen LogP contribution in [0.4, 0.5) is 8.78 Å². The average Bonchev–Trinajstić information content (AvgIpc) is 2.86. The summed E-state index contributed by atoms with van der Waals surface area (Å²) in [6.45, 7) is 2.10. The molecule has 0 bridgehead atoms. The maximum absolute atomic E-state index is 12.4. The highest BCUT2D eigenvalue weighted by Crippen LogP contribution is 2.29. The van der Waals surface area contributed by atoms with Gasteiger partial charge in [0.25, 0.3) is 0 Å². The predicted molar refractivity (Wildman–Crippen MR) is 91.7 cm³/mol. The largest absolute Gasteiger partial charge is 0.422 e. The van der Waals surface area contributed by atoms with Crippen LogP contribution in [0.3, 0.4) is 0 Å². The number of carbonyl (C=O) groups excluding carboxylic acids is 1. The molecule has 8 heteroatoms. The van der Waals surface area contributed by atoms with E-state index in [0.717, 1.165) is 11.1 Å². The van der Waals surface area contributed by atoms with Crippen molar-refractivity contribution in [2.45, 2.75) is 19.9 Å². The molecule has 0 aliphatic heterocycles. The number of rotatable bonds is 4. The van der Waals surface area contributed by atoms with Gasteiger partial charge in [-0.15, -0.1) is 0 Å². The molecule has 0 amide bonds. The highest BCUT2D eigenvalue weighted by molar-refractivity contribution is 6.36. The van der Waals surface area contributed by atoms with Crippen molar-refractivity contribution in [3.8, 4) is 5.75 Å². The summed E-state index contributed by atoms with van der Waals surface area (Å²) in [5.74, 6) is -1.58. The Bertz CT molecular complexity index is 937. The first kappa shape index (κ1) is 17.6. The number of hydrogen-bond acceptors (Lipinski definition) is 3. The Morgan fingerprint density at radius 3 is 2.56 bits per heavy atom. The molecule has 2 aromatic carbocycles. The Morgan fingerprint density at radius 2 is 1.92 bits per heavy atom. The van der Waals surface area contributed by atoms with Gasteiger partial charge in [0.2, 0.25) is 0 Å². The first-order valence-corrected chi connectivity index (χ1v) is 8.02. The fourth-order valence-electron chi connectivity index (χ4n) is 2.50. The van der Waals surface area contributed by atoms with Gasteiger partial charge in [0.05, 0.1) is 17.8 Å². The smallest absolute Gasteiger partial charge is 0.379 e. The Hall–Kier alpha value is -2.18.